The molecule has 70 valence electrons. The smallest absolute Gasteiger partial charge is 0.146 e. The fourth-order valence-electron chi connectivity index (χ4n) is 1.17. The zero-order valence-corrected chi connectivity index (χ0v) is 7.31. The van der Waals surface area contributed by atoms with Gasteiger partial charge in [-0.05, 0) is 17.7 Å². The van der Waals surface area contributed by atoms with E-state index >= 15 is 0 Å². The number of halogens is 1. The zero-order chi connectivity index (χ0) is 9.97. The third-order valence-corrected chi connectivity index (χ3v) is 1.89. The van der Waals surface area contributed by atoms with Crippen LogP contribution in [0.4, 0.5) is 10.1 Å². The molecule has 0 unspecified atom stereocenters. The van der Waals surface area contributed by atoms with E-state index in [9.17, 15) is 4.39 Å². The number of anilines is 1. The van der Waals surface area contributed by atoms with Crippen LogP contribution in [0.1, 0.15) is 0 Å². The van der Waals surface area contributed by atoms with Crippen LogP contribution in [0.3, 0.4) is 0 Å². The second-order valence-electron chi connectivity index (χ2n) is 2.86. The Kier molecular flexibility index (Phi) is 2.10. The summed E-state index contributed by atoms with van der Waals surface area (Å²) >= 11 is 0. The lowest BCUT2D eigenvalue weighted by Gasteiger charge is -2.01. The van der Waals surface area contributed by atoms with Crippen molar-refractivity contribution in [3.63, 3.8) is 0 Å². The van der Waals surface area contributed by atoms with E-state index in [4.69, 9.17) is 5.73 Å². The molecule has 0 atom stereocenters. The quantitative estimate of drug-likeness (QED) is 0.696. The van der Waals surface area contributed by atoms with Crippen molar-refractivity contribution in [1.29, 1.82) is 0 Å². The van der Waals surface area contributed by atoms with E-state index in [0.717, 1.165) is 11.1 Å². The molecule has 1 heterocycles. The van der Waals surface area contributed by atoms with Gasteiger partial charge >= 0.3 is 0 Å². The van der Waals surface area contributed by atoms with E-state index in [-0.39, 0.29) is 5.69 Å². The minimum atomic E-state index is -0.411. The van der Waals surface area contributed by atoms with Crippen molar-refractivity contribution in [2.45, 2.75) is 0 Å². The largest absolute Gasteiger partial charge is 0.396 e. The van der Waals surface area contributed by atoms with Crippen LogP contribution in [-0.2, 0) is 0 Å². The minimum absolute atomic E-state index is 0.131. The summed E-state index contributed by atoms with van der Waals surface area (Å²) in [6.45, 7) is 0. The second kappa shape index (κ2) is 3.41. The molecule has 0 fully saturated rings. The average molecular weight is 189 g/mol. The Morgan fingerprint density at radius 1 is 1.07 bits per heavy atom. The van der Waals surface area contributed by atoms with Gasteiger partial charge in [-0.15, -0.1) is 0 Å². The maximum atomic E-state index is 12.9. The highest BCUT2D eigenvalue weighted by Gasteiger charge is 2.01. The molecular weight excluding hydrogens is 181 g/mol. The molecule has 14 heavy (non-hydrogen) atoms. The summed E-state index contributed by atoms with van der Waals surface area (Å²) in [4.78, 5) is 7.73. The van der Waals surface area contributed by atoms with Gasteiger partial charge in [0.05, 0.1) is 5.69 Å². The van der Waals surface area contributed by atoms with Crippen molar-refractivity contribution >= 4 is 5.69 Å². The van der Waals surface area contributed by atoms with Crippen LogP contribution in [0.15, 0.2) is 36.9 Å². The van der Waals surface area contributed by atoms with Crippen molar-refractivity contribution < 1.29 is 4.39 Å². The van der Waals surface area contributed by atoms with E-state index in [1.54, 1.807) is 24.5 Å². The van der Waals surface area contributed by atoms with E-state index in [1.807, 2.05) is 0 Å². The molecule has 0 saturated heterocycles. The maximum Gasteiger partial charge on any atom is 0.146 e. The lowest BCUT2D eigenvalue weighted by Crippen LogP contribution is -1.91. The van der Waals surface area contributed by atoms with Crippen LogP contribution in [0.2, 0.25) is 0 Å². The van der Waals surface area contributed by atoms with Gasteiger partial charge in [0.1, 0.15) is 12.1 Å². The molecule has 2 aromatic rings. The Morgan fingerprint density at radius 2 is 1.79 bits per heavy atom. The van der Waals surface area contributed by atoms with E-state index in [2.05, 4.69) is 9.97 Å². The number of nitrogen functional groups attached to an aromatic ring is 1. The summed E-state index contributed by atoms with van der Waals surface area (Å²) in [6.07, 6.45) is 4.75. The van der Waals surface area contributed by atoms with Gasteiger partial charge in [0.25, 0.3) is 0 Å². The van der Waals surface area contributed by atoms with Gasteiger partial charge < -0.3 is 5.73 Å². The summed E-state index contributed by atoms with van der Waals surface area (Å²) in [5, 5.41) is 0. The molecule has 4 heteroatoms. The molecule has 1 aromatic heterocycles. The SMILES string of the molecule is Nc1cc(-c2cncnc2)ccc1F. The van der Waals surface area contributed by atoms with Crippen molar-refractivity contribution in [2.75, 3.05) is 5.73 Å². The van der Waals surface area contributed by atoms with E-state index < -0.39 is 5.82 Å². The highest BCUT2D eigenvalue weighted by atomic mass is 19.1. The second-order valence-corrected chi connectivity index (χ2v) is 2.86. The number of hydrogen-bond donors (Lipinski definition) is 1. The molecule has 0 radical (unpaired) electrons. The van der Waals surface area contributed by atoms with Gasteiger partial charge in [0.15, 0.2) is 0 Å². The first-order valence-corrected chi connectivity index (χ1v) is 4.08. The summed E-state index contributed by atoms with van der Waals surface area (Å²) in [5.41, 5.74) is 7.20. The Morgan fingerprint density at radius 3 is 2.43 bits per heavy atom. The fourth-order valence-corrected chi connectivity index (χ4v) is 1.17. The lowest BCUT2D eigenvalue weighted by molar-refractivity contribution is 0.632. The van der Waals surface area contributed by atoms with Gasteiger partial charge in [-0.3, -0.25) is 0 Å². The molecule has 2 rings (SSSR count). The normalized spacial score (nSPS) is 10.1. The van der Waals surface area contributed by atoms with Crippen LogP contribution in [0, 0.1) is 5.82 Å². The third-order valence-electron chi connectivity index (χ3n) is 1.89. The van der Waals surface area contributed by atoms with Gasteiger partial charge in [0.2, 0.25) is 0 Å². The number of benzene rings is 1. The number of rotatable bonds is 1. The average Bonchev–Trinajstić information content (AvgIpc) is 2.23. The molecule has 0 amide bonds. The Balaban J connectivity index is 2.48. The monoisotopic (exact) mass is 189 g/mol. The number of nitrogens with zero attached hydrogens (tertiary/aromatic N) is 2. The topological polar surface area (TPSA) is 51.8 Å². The minimum Gasteiger partial charge on any atom is -0.396 e. The molecule has 1 aromatic carbocycles. The number of nitrogens with two attached hydrogens (primary N) is 1. The van der Waals surface area contributed by atoms with E-state index in [0.29, 0.717) is 0 Å². The van der Waals surface area contributed by atoms with Crippen LogP contribution in [0.25, 0.3) is 11.1 Å². The van der Waals surface area contributed by atoms with Gasteiger partial charge in [0, 0.05) is 18.0 Å². The van der Waals surface area contributed by atoms with Crippen molar-refractivity contribution in [2.24, 2.45) is 0 Å². The van der Waals surface area contributed by atoms with Crippen molar-refractivity contribution in [1.82, 2.24) is 9.97 Å². The zero-order valence-electron chi connectivity index (χ0n) is 7.31. The predicted octanol–water partition coefficient (Wildman–Crippen LogP) is 1.86. The molecule has 3 nitrogen and oxygen atoms in total. The summed E-state index contributed by atoms with van der Waals surface area (Å²) < 4.78 is 12.9. The molecule has 0 spiro atoms. The van der Waals surface area contributed by atoms with Gasteiger partial charge in [-0.1, -0.05) is 6.07 Å². The van der Waals surface area contributed by atoms with Crippen LogP contribution in [-0.4, -0.2) is 9.97 Å². The van der Waals surface area contributed by atoms with Crippen LogP contribution < -0.4 is 5.73 Å². The Hall–Kier alpha value is -1.97. The predicted molar refractivity (Wildman–Crippen MR) is 51.8 cm³/mol. The lowest BCUT2D eigenvalue weighted by atomic mass is 10.1. The molecule has 0 bridgehead atoms. The first-order valence-electron chi connectivity index (χ1n) is 4.08. The van der Waals surface area contributed by atoms with Crippen molar-refractivity contribution in [3.8, 4) is 11.1 Å². The van der Waals surface area contributed by atoms with Crippen LogP contribution >= 0.6 is 0 Å². The molecule has 2 N–H and O–H groups in total. The van der Waals surface area contributed by atoms with Crippen molar-refractivity contribution in [3.05, 3.63) is 42.7 Å². The molecule has 0 saturated carbocycles. The summed E-state index contributed by atoms with van der Waals surface area (Å²) in [7, 11) is 0. The molecular formula is C10H8FN3. The number of aromatic nitrogens is 2. The standard InChI is InChI=1S/C10H8FN3/c11-9-2-1-7(3-10(9)12)8-4-13-6-14-5-8/h1-6H,12H2. The molecule has 0 aliphatic heterocycles. The Labute approximate surface area is 80.4 Å². The van der Waals surface area contributed by atoms with Gasteiger partial charge in [-0.25, -0.2) is 14.4 Å². The van der Waals surface area contributed by atoms with Gasteiger partial charge in [-0.2, -0.15) is 0 Å². The highest BCUT2D eigenvalue weighted by molar-refractivity contribution is 5.65. The summed E-state index contributed by atoms with van der Waals surface area (Å²) in [5.74, 6) is -0.411. The summed E-state index contributed by atoms with van der Waals surface area (Å²) in [6, 6.07) is 4.54. The Bertz CT molecular complexity index is 442. The maximum absolute atomic E-state index is 12.9. The third kappa shape index (κ3) is 1.54. The molecule has 0 aliphatic carbocycles. The van der Waals surface area contributed by atoms with E-state index in [1.165, 1.54) is 12.4 Å². The number of hydrogen-bond acceptors (Lipinski definition) is 3. The first-order chi connectivity index (χ1) is 6.77. The molecule has 0 aliphatic rings. The fraction of sp³-hybridized carbons (Fsp3) is 0. The first kappa shape index (κ1) is 8.62. The van der Waals surface area contributed by atoms with Crippen LogP contribution in [0.5, 0.6) is 0 Å². The highest BCUT2D eigenvalue weighted by Crippen LogP contribution is 2.21.